The minimum Gasteiger partial charge on any atom is -0.212 e. The highest BCUT2D eigenvalue weighted by atomic mass is 32.3. The van der Waals surface area contributed by atoms with Crippen LogP contribution in [-0.4, -0.2) is 39.1 Å². The highest BCUT2D eigenvalue weighted by Gasteiger charge is 2.34. The summed E-state index contributed by atoms with van der Waals surface area (Å²) in [6.07, 6.45) is 31.4. The number of allylic oxidation sites excluding steroid dienone is 4. The van der Waals surface area contributed by atoms with Crippen LogP contribution < -0.4 is 0 Å². The lowest BCUT2D eigenvalue weighted by Gasteiger charge is -2.28. The first-order chi connectivity index (χ1) is 16.6. The van der Waals surface area contributed by atoms with Gasteiger partial charge in [-0.25, -0.2) is 16.8 Å². The van der Waals surface area contributed by atoms with E-state index in [4.69, 9.17) is 0 Å². The van der Waals surface area contributed by atoms with Gasteiger partial charge in [-0.1, -0.05) is 119 Å². The Morgan fingerprint density at radius 2 is 0.914 bits per heavy atom. The van der Waals surface area contributed by atoms with Gasteiger partial charge in [-0.2, -0.15) is 0 Å². The van der Waals surface area contributed by atoms with E-state index in [0.717, 1.165) is 80.4 Å². The van der Waals surface area contributed by atoms with E-state index in [1.54, 1.807) is 0 Å². The third-order valence-corrected chi connectivity index (χ3v) is 9.86. The van der Waals surface area contributed by atoms with Gasteiger partial charge in [0.05, 0.1) is 12.5 Å². The van der Waals surface area contributed by atoms with E-state index in [1.807, 2.05) is 0 Å². The Bertz CT molecular complexity index is 726. The average molecular weight is 534 g/mol. The zero-order valence-corrected chi connectivity index (χ0v) is 24.9. The standard InChI is InChI=1S/C28H55NO4S2/c1-5-7-9-11-13-14-15-16-17-18-19-20-21-23-25-27-28(26-24-22-12-10-8-6-2)29(34(3,30)31)35(4,32)33/h13-14,16-17,28H,5-12,15,18-27H2,1-4H3. The predicted molar refractivity (Wildman–Crippen MR) is 153 cm³/mol. The smallest absolute Gasteiger partial charge is 0.212 e. The Kier molecular flexibility index (Phi) is 21.0. The minimum absolute atomic E-state index is 0.455. The number of sulfonamides is 2. The number of unbranched alkanes of at least 4 members (excludes halogenated alkanes) is 13. The Morgan fingerprint density at radius 3 is 1.37 bits per heavy atom. The van der Waals surface area contributed by atoms with Gasteiger partial charge in [0, 0.05) is 6.04 Å². The second-order valence-corrected chi connectivity index (χ2v) is 13.9. The first kappa shape index (κ1) is 34.3. The quantitative estimate of drug-likeness (QED) is 0.0927. The van der Waals surface area contributed by atoms with Crippen LogP contribution in [0.4, 0.5) is 0 Å². The van der Waals surface area contributed by atoms with Crippen molar-refractivity contribution in [1.82, 2.24) is 3.71 Å². The molecule has 0 aliphatic rings. The lowest BCUT2D eigenvalue weighted by Crippen LogP contribution is -2.43. The second kappa shape index (κ2) is 21.4. The summed E-state index contributed by atoms with van der Waals surface area (Å²) in [6.45, 7) is 4.41. The molecule has 0 spiro atoms. The van der Waals surface area contributed by atoms with Crippen molar-refractivity contribution < 1.29 is 16.8 Å². The SMILES string of the molecule is CCCCCC=CCC=CCCCCCCCC(CCCCCCCC)N(S(C)(=O)=O)S(C)(=O)=O. The zero-order chi connectivity index (χ0) is 26.4. The Balaban J connectivity index is 4.33. The van der Waals surface area contributed by atoms with E-state index in [9.17, 15) is 16.8 Å². The highest BCUT2D eigenvalue weighted by Crippen LogP contribution is 2.23. The molecule has 0 heterocycles. The molecule has 0 bridgehead atoms. The molecule has 0 aromatic rings. The fourth-order valence-electron chi connectivity index (χ4n) is 4.49. The number of hydrogen-bond acceptors (Lipinski definition) is 4. The summed E-state index contributed by atoms with van der Waals surface area (Å²) < 4.78 is 49.9. The van der Waals surface area contributed by atoms with Crippen molar-refractivity contribution in [3.8, 4) is 0 Å². The van der Waals surface area contributed by atoms with E-state index >= 15 is 0 Å². The Labute approximate surface area is 218 Å². The monoisotopic (exact) mass is 533 g/mol. The van der Waals surface area contributed by atoms with Gasteiger partial charge in [-0.3, -0.25) is 0 Å². The second-order valence-electron chi connectivity index (χ2n) is 9.98. The van der Waals surface area contributed by atoms with Gasteiger partial charge in [-0.15, -0.1) is 0 Å². The Hall–Kier alpha value is -0.660. The summed E-state index contributed by atoms with van der Waals surface area (Å²) >= 11 is 0. The summed E-state index contributed by atoms with van der Waals surface area (Å²) in [6, 6.07) is -0.455. The molecule has 0 saturated carbocycles. The Morgan fingerprint density at radius 1 is 0.543 bits per heavy atom. The first-order valence-corrected chi connectivity index (χ1v) is 17.8. The van der Waals surface area contributed by atoms with Crippen LogP contribution in [0.2, 0.25) is 0 Å². The van der Waals surface area contributed by atoms with Crippen molar-refractivity contribution >= 4 is 20.0 Å². The maximum absolute atomic E-state index is 12.3. The van der Waals surface area contributed by atoms with Crippen LogP contribution in [0.5, 0.6) is 0 Å². The molecule has 0 rings (SSSR count). The summed E-state index contributed by atoms with van der Waals surface area (Å²) in [5.74, 6) is 0. The molecule has 7 heteroatoms. The third kappa shape index (κ3) is 20.1. The van der Waals surface area contributed by atoms with Gasteiger partial charge in [0.25, 0.3) is 0 Å². The van der Waals surface area contributed by atoms with Crippen LogP contribution >= 0.6 is 0 Å². The van der Waals surface area contributed by atoms with Crippen LogP contribution in [-0.2, 0) is 20.0 Å². The molecule has 0 amide bonds. The molecule has 0 aromatic heterocycles. The van der Waals surface area contributed by atoms with Gasteiger partial charge in [0.2, 0.25) is 20.0 Å². The molecule has 0 aromatic carbocycles. The van der Waals surface area contributed by atoms with Gasteiger partial charge in [0.15, 0.2) is 0 Å². The van der Waals surface area contributed by atoms with Crippen LogP contribution in [0.1, 0.15) is 136 Å². The summed E-state index contributed by atoms with van der Waals surface area (Å²) in [5.41, 5.74) is 0. The molecule has 1 atom stereocenters. The highest BCUT2D eigenvalue weighted by molar-refractivity contribution is 8.03. The zero-order valence-electron chi connectivity index (χ0n) is 23.2. The summed E-state index contributed by atoms with van der Waals surface area (Å²) in [5, 5.41) is 0. The van der Waals surface area contributed by atoms with Crippen LogP contribution in [0.15, 0.2) is 24.3 Å². The van der Waals surface area contributed by atoms with Crippen LogP contribution in [0.25, 0.3) is 0 Å². The van der Waals surface area contributed by atoms with Gasteiger partial charge in [-0.05, 0) is 44.9 Å². The molecular weight excluding hydrogens is 478 g/mol. The normalized spacial score (nSPS) is 14.0. The summed E-state index contributed by atoms with van der Waals surface area (Å²) in [4.78, 5) is 0. The lowest BCUT2D eigenvalue weighted by atomic mass is 10.0. The fourth-order valence-corrected chi connectivity index (χ4v) is 7.97. The van der Waals surface area contributed by atoms with Crippen molar-refractivity contribution in [3.63, 3.8) is 0 Å². The summed E-state index contributed by atoms with van der Waals surface area (Å²) in [7, 11) is -7.62. The van der Waals surface area contributed by atoms with E-state index in [0.29, 0.717) is 12.8 Å². The van der Waals surface area contributed by atoms with Crippen molar-refractivity contribution in [2.45, 2.75) is 142 Å². The molecule has 0 saturated heterocycles. The molecular formula is C28H55NO4S2. The molecule has 0 aliphatic carbocycles. The maximum Gasteiger partial charge on any atom is 0.224 e. The van der Waals surface area contributed by atoms with E-state index < -0.39 is 26.1 Å². The van der Waals surface area contributed by atoms with Gasteiger partial charge in [0.1, 0.15) is 0 Å². The van der Waals surface area contributed by atoms with Crippen molar-refractivity contribution in [3.05, 3.63) is 24.3 Å². The van der Waals surface area contributed by atoms with Gasteiger partial charge < -0.3 is 0 Å². The van der Waals surface area contributed by atoms with Crippen molar-refractivity contribution in [1.29, 1.82) is 0 Å². The largest absolute Gasteiger partial charge is 0.224 e. The van der Waals surface area contributed by atoms with Crippen molar-refractivity contribution in [2.75, 3.05) is 12.5 Å². The van der Waals surface area contributed by atoms with Crippen LogP contribution in [0.3, 0.4) is 0 Å². The van der Waals surface area contributed by atoms with Crippen LogP contribution in [0, 0.1) is 0 Å². The topological polar surface area (TPSA) is 71.5 Å². The molecule has 0 N–H and O–H groups in total. The van der Waals surface area contributed by atoms with E-state index in [-0.39, 0.29) is 0 Å². The molecule has 0 aliphatic heterocycles. The molecule has 0 radical (unpaired) electrons. The molecule has 0 fully saturated rings. The lowest BCUT2D eigenvalue weighted by molar-refractivity contribution is 0.362. The first-order valence-electron chi connectivity index (χ1n) is 14.1. The molecule has 208 valence electrons. The molecule has 1 unspecified atom stereocenters. The number of rotatable bonds is 24. The predicted octanol–water partition coefficient (Wildman–Crippen LogP) is 8.14. The maximum atomic E-state index is 12.3. The van der Waals surface area contributed by atoms with E-state index in [1.165, 1.54) is 44.9 Å². The third-order valence-electron chi connectivity index (χ3n) is 6.33. The van der Waals surface area contributed by atoms with Crippen molar-refractivity contribution in [2.24, 2.45) is 0 Å². The van der Waals surface area contributed by atoms with E-state index in [2.05, 4.69) is 38.2 Å². The van der Waals surface area contributed by atoms with Gasteiger partial charge >= 0.3 is 0 Å². The minimum atomic E-state index is -3.81. The fraction of sp³-hybridized carbons (Fsp3) is 0.857. The number of hydrogen-bond donors (Lipinski definition) is 0. The number of nitrogens with zero attached hydrogens (tertiary/aromatic N) is 1. The molecule has 5 nitrogen and oxygen atoms in total. The molecule has 35 heavy (non-hydrogen) atoms. The average Bonchev–Trinajstić information content (AvgIpc) is 2.76.